The number of likely N-dealkylation sites (tertiary alicyclic amines) is 1. The number of nitrogens with zero attached hydrogens (tertiary/aromatic N) is 5. The second kappa shape index (κ2) is 12.0. The van der Waals surface area contributed by atoms with Gasteiger partial charge in [0.05, 0.1) is 6.33 Å². The molecule has 0 spiro atoms. The zero-order valence-electron chi connectivity index (χ0n) is 22.4. The van der Waals surface area contributed by atoms with E-state index in [1.165, 1.54) is 10.9 Å². The Balaban J connectivity index is 1.21. The van der Waals surface area contributed by atoms with Crippen LogP contribution in [0.25, 0.3) is 11.2 Å². The molecule has 2 fully saturated rings. The molecule has 2 aliphatic heterocycles. The minimum Gasteiger partial charge on any atom is -0.410 e. The first-order valence-electron chi connectivity index (χ1n) is 13.4. The first-order chi connectivity index (χ1) is 19.7. The van der Waals surface area contributed by atoms with E-state index in [9.17, 15) is 19.8 Å². The second-order valence-electron chi connectivity index (χ2n) is 9.95. The van der Waals surface area contributed by atoms with E-state index in [0.29, 0.717) is 37.5 Å². The van der Waals surface area contributed by atoms with E-state index >= 15 is 0 Å². The number of benzene rings is 1. The van der Waals surface area contributed by atoms with Crippen molar-refractivity contribution in [2.75, 3.05) is 31.1 Å². The highest BCUT2D eigenvalue weighted by atomic mass is 16.6. The van der Waals surface area contributed by atoms with Crippen LogP contribution in [0.1, 0.15) is 38.2 Å². The molecule has 2 amide bonds. The van der Waals surface area contributed by atoms with Crippen LogP contribution in [0, 0.1) is 17.8 Å². The molecule has 216 valence electrons. The van der Waals surface area contributed by atoms with Crippen molar-refractivity contribution in [3.63, 3.8) is 0 Å². The Hall–Kier alpha value is -4.45. The average molecular weight is 565 g/mol. The number of hydrogen-bond donors (Lipinski definition) is 5. The molecule has 0 aliphatic carbocycles. The fourth-order valence-corrected chi connectivity index (χ4v) is 4.86. The second-order valence-corrected chi connectivity index (χ2v) is 9.95. The number of nitrogens with two attached hydrogens (primary N) is 2. The summed E-state index contributed by atoms with van der Waals surface area (Å²) in [6.07, 6.45) is -2.13. The van der Waals surface area contributed by atoms with Gasteiger partial charge in [0, 0.05) is 31.7 Å². The summed E-state index contributed by atoms with van der Waals surface area (Å²) in [5.41, 5.74) is 12.9. The van der Waals surface area contributed by atoms with Gasteiger partial charge in [-0.15, -0.1) is 0 Å². The molecule has 0 bridgehead atoms. The predicted molar refractivity (Wildman–Crippen MR) is 147 cm³/mol. The lowest BCUT2D eigenvalue weighted by molar-refractivity contribution is -0.137. The smallest absolute Gasteiger partial charge is 0.410 e. The quantitative estimate of drug-likeness (QED) is 0.212. The van der Waals surface area contributed by atoms with Crippen molar-refractivity contribution in [2.24, 2.45) is 5.92 Å². The SMILES string of the molecule is CCNC(=O)[C@H]1O[C@@H](n2cnc3c(N)nc(C#CCC4CCN(C(=O)Oc5ccc(N)cc5)CC4)nc32)C(O)[C@H]1O. The Morgan fingerprint density at radius 1 is 1.15 bits per heavy atom. The Kier molecular flexibility index (Phi) is 8.20. The van der Waals surface area contributed by atoms with E-state index in [2.05, 4.69) is 32.1 Å². The molecule has 0 radical (unpaired) electrons. The van der Waals surface area contributed by atoms with Crippen molar-refractivity contribution < 1.29 is 29.3 Å². The number of anilines is 2. The van der Waals surface area contributed by atoms with Gasteiger partial charge in [-0.25, -0.2) is 19.7 Å². The molecule has 3 aromatic rings. The number of carbonyl (C=O) groups excluding carboxylic acids is 2. The number of aromatic nitrogens is 4. The van der Waals surface area contributed by atoms with Crippen LogP contribution in [0.15, 0.2) is 30.6 Å². The summed E-state index contributed by atoms with van der Waals surface area (Å²) >= 11 is 0. The van der Waals surface area contributed by atoms with E-state index < -0.39 is 36.5 Å². The molecule has 4 heterocycles. The molecule has 14 heteroatoms. The van der Waals surface area contributed by atoms with Gasteiger partial charge in [-0.1, -0.05) is 5.92 Å². The minimum absolute atomic E-state index is 0.0966. The van der Waals surface area contributed by atoms with E-state index in [4.69, 9.17) is 20.9 Å². The van der Waals surface area contributed by atoms with Crippen LogP contribution in [0.2, 0.25) is 0 Å². The standard InChI is InChI=1S/C27H32N8O6/c1-2-30-25(38)22-20(36)21(37)26(41-22)35-14-31-19-23(29)32-18(33-24(19)35)5-3-4-15-10-12-34(13-11-15)27(39)40-17-8-6-16(28)7-9-17/h6-9,14-15,20-22,26,36-37H,2,4,10-13,28H2,1H3,(H,30,38)(H2,29,32,33)/t20-,21?,22+,26-/m1/s1. The van der Waals surface area contributed by atoms with E-state index in [-0.39, 0.29) is 28.7 Å². The number of rotatable bonds is 5. The largest absolute Gasteiger partial charge is 0.415 e. The number of likely N-dealkylation sites (N-methyl/N-ethyl adjacent to an activating group) is 1. The van der Waals surface area contributed by atoms with Crippen molar-refractivity contribution in [1.29, 1.82) is 0 Å². The Morgan fingerprint density at radius 2 is 1.88 bits per heavy atom. The maximum Gasteiger partial charge on any atom is 0.415 e. The van der Waals surface area contributed by atoms with Gasteiger partial charge in [0.1, 0.15) is 23.5 Å². The third-order valence-corrected chi connectivity index (χ3v) is 7.12. The molecule has 2 saturated heterocycles. The Morgan fingerprint density at radius 3 is 2.59 bits per heavy atom. The van der Waals surface area contributed by atoms with Gasteiger partial charge >= 0.3 is 6.09 Å². The lowest BCUT2D eigenvalue weighted by atomic mass is 9.94. The van der Waals surface area contributed by atoms with Crippen molar-refractivity contribution >= 4 is 34.7 Å². The molecule has 1 aromatic carbocycles. The fourth-order valence-electron chi connectivity index (χ4n) is 4.86. The van der Waals surface area contributed by atoms with Gasteiger partial charge in [0.2, 0.25) is 5.82 Å². The van der Waals surface area contributed by atoms with Gasteiger partial charge in [-0.2, -0.15) is 0 Å². The fraction of sp³-hybridized carbons (Fsp3) is 0.444. The summed E-state index contributed by atoms with van der Waals surface area (Å²) in [6.45, 7) is 3.20. The van der Waals surface area contributed by atoms with Crippen LogP contribution in [0.4, 0.5) is 16.3 Å². The summed E-state index contributed by atoms with van der Waals surface area (Å²) < 4.78 is 12.5. The van der Waals surface area contributed by atoms with E-state index in [1.54, 1.807) is 36.1 Å². The van der Waals surface area contributed by atoms with Crippen LogP contribution in [0.5, 0.6) is 5.75 Å². The number of fused-ring (bicyclic) bond motifs is 1. The predicted octanol–water partition coefficient (Wildman–Crippen LogP) is 0.399. The van der Waals surface area contributed by atoms with Gasteiger partial charge in [-0.05, 0) is 55.9 Å². The highest BCUT2D eigenvalue weighted by molar-refractivity contribution is 5.83. The topological polar surface area (TPSA) is 204 Å². The van der Waals surface area contributed by atoms with Crippen LogP contribution in [-0.2, 0) is 9.53 Å². The molecule has 14 nitrogen and oxygen atoms in total. The number of carbonyl (C=O) groups is 2. The zero-order valence-corrected chi connectivity index (χ0v) is 22.4. The molecule has 7 N–H and O–H groups in total. The summed E-state index contributed by atoms with van der Waals surface area (Å²) in [5, 5.41) is 23.6. The summed E-state index contributed by atoms with van der Waals surface area (Å²) in [4.78, 5) is 39.3. The van der Waals surface area contributed by atoms with Crippen LogP contribution in [0.3, 0.4) is 0 Å². The third kappa shape index (κ3) is 6.02. The van der Waals surface area contributed by atoms with Gasteiger partial charge in [0.25, 0.3) is 5.91 Å². The number of amides is 2. The van der Waals surface area contributed by atoms with Crippen molar-refractivity contribution in [3.05, 3.63) is 36.4 Å². The first kappa shape index (κ1) is 28.1. The summed E-state index contributed by atoms with van der Waals surface area (Å²) in [6, 6.07) is 6.67. The lowest BCUT2D eigenvalue weighted by Crippen LogP contribution is -2.42. The highest BCUT2D eigenvalue weighted by Crippen LogP contribution is 2.32. The molecule has 1 unspecified atom stereocenters. The molecule has 2 aliphatic rings. The minimum atomic E-state index is -1.44. The summed E-state index contributed by atoms with van der Waals surface area (Å²) in [7, 11) is 0. The monoisotopic (exact) mass is 564 g/mol. The van der Waals surface area contributed by atoms with Crippen LogP contribution in [-0.4, -0.2) is 84.6 Å². The number of imidazole rings is 1. The van der Waals surface area contributed by atoms with Gasteiger partial charge in [0.15, 0.2) is 23.8 Å². The van der Waals surface area contributed by atoms with Crippen molar-refractivity contribution in [2.45, 2.75) is 50.7 Å². The number of aliphatic hydroxyl groups is 2. The van der Waals surface area contributed by atoms with Gasteiger partial charge < -0.3 is 41.4 Å². The van der Waals surface area contributed by atoms with Crippen LogP contribution < -0.4 is 21.5 Å². The summed E-state index contributed by atoms with van der Waals surface area (Å²) in [5.74, 6) is 6.50. The maximum atomic E-state index is 12.5. The molecular weight excluding hydrogens is 532 g/mol. The number of hydrogen-bond acceptors (Lipinski definition) is 11. The number of piperidine rings is 1. The molecule has 4 atom stereocenters. The number of ether oxygens (including phenoxy) is 2. The molecule has 2 aromatic heterocycles. The first-order valence-corrected chi connectivity index (χ1v) is 13.4. The average Bonchev–Trinajstić information content (AvgIpc) is 3.51. The molecule has 41 heavy (non-hydrogen) atoms. The molecule has 5 rings (SSSR count). The third-order valence-electron chi connectivity index (χ3n) is 7.12. The van der Waals surface area contributed by atoms with E-state index in [1.807, 2.05) is 0 Å². The number of aliphatic hydroxyl groups excluding tert-OH is 2. The number of nitrogens with one attached hydrogen (secondary N) is 1. The van der Waals surface area contributed by atoms with E-state index in [0.717, 1.165) is 12.8 Å². The lowest BCUT2D eigenvalue weighted by Gasteiger charge is -2.30. The number of nitrogen functional groups attached to an aromatic ring is 2. The Bertz CT molecular complexity index is 1470. The Labute approximate surface area is 235 Å². The molecule has 0 saturated carbocycles. The van der Waals surface area contributed by atoms with Gasteiger partial charge in [-0.3, -0.25) is 9.36 Å². The molecular formula is C27H32N8O6. The highest BCUT2D eigenvalue weighted by Gasteiger charge is 2.47. The van der Waals surface area contributed by atoms with Crippen molar-refractivity contribution in [1.82, 2.24) is 29.7 Å². The van der Waals surface area contributed by atoms with Crippen molar-refractivity contribution in [3.8, 4) is 17.6 Å². The normalized spacial score (nSPS) is 22.8. The van der Waals surface area contributed by atoms with Crippen LogP contribution >= 0.6 is 0 Å². The maximum absolute atomic E-state index is 12.5. The zero-order chi connectivity index (χ0) is 29.1.